The highest BCUT2D eigenvalue weighted by atomic mass is 32.2. The summed E-state index contributed by atoms with van der Waals surface area (Å²) < 4.78 is 26.1. The molecule has 0 aromatic carbocycles. The van der Waals surface area contributed by atoms with Gasteiger partial charge in [-0.2, -0.15) is 0 Å². The van der Waals surface area contributed by atoms with Crippen molar-refractivity contribution in [1.29, 1.82) is 0 Å². The summed E-state index contributed by atoms with van der Waals surface area (Å²) >= 11 is 0. The van der Waals surface area contributed by atoms with E-state index in [4.69, 9.17) is 0 Å². The molecule has 100 valence electrons. The van der Waals surface area contributed by atoms with Crippen molar-refractivity contribution >= 4 is 15.9 Å². The molecule has 0 aromatic heterocycles. The summed E-state index contributed by atoms with van der Waals surface area (Å²) in [6.45, 7) is 4.82. The fraction of sp³-hybridized carbons (Fsp3) is 0.909. The molecule has 0 unspecified atom stereocenters. The van der Waals surface area contributed by atoms with Crippen molar-refractivity contribution in [2.45, 2.75) is 45.6 Å². The lowest BCUT2D eigenvalue weighted by atomic mass is 10.1. The molecule has 1 N–H and O–H groups in total. The second kappa shape index (κ2) is 6.35. The number of likely N-dealkylation sites (tertiary alicyclic amines) is 1. The van der Waals surface area contributed by atoms with Gasteiger partial charge in [-0.05, 0) is 19.3 Å². The number of unbranched alkanes of at least 4 members (excludes halogenated alkanes) is 1. The molecule has 0 atom stereocenters. The van der Waals surface area contributed by atoms with E-state index >= 15 is 0 Å². The number of carbonyl (C=O) groups is 1. The average molecular weight is 262 g/mol. The summed E-state index contributed by atoms with van der Waals surface area (Å²) in [6.07, 6.45) is 3.00. The third-order valence-electron chi connectivity index (χ3n) is 3.05. The highest BCUT2D eigenvalue weighted by molar-refractivity contribution is 7.89. The first-order valence-electron chi connectivity index (χ1n) is 6.20. The van der Waals surface area contributed by atoms with E-state index in [0.717, 1.165) is 6.42 Å². The Kier molecular flexibility index (Phi) is 5.39. The molecule has 1 saturated heterocycles. The van der Waals surface area contributed by atoms with Crippen LogP contribution in [0.25, 0.3) is 0 Å². The Labute approximate surface area is 104 Å². The first-order chi connectivity index (χ1) is 7.94. The van der Waals surface area contributed by atoms with Crippen LogP contribution in [0.4, 0.5) is 0 Å². The van der Waals surface area contributed by atoms with Gasteiger partial charge < -0.3 is 4.90 Å². The summed E-state index contributed by atoms with van der Waals surface area (Å²) in [5.41, 5.74) is 0. The smallest absolute Gasteiger partial charge is 0.219 e. The van der Waals surface area contributed by atoms with Gasteiger partial charge in [0, 0.05) is 26.1 Å². The van der Waals surface area contributed by atoms with E-state index in [0.29, 0.717) is 32.4 Å². The van der Waals surface area contributed by atoms with Gasteiger partial charge >= 0.3 is 0 Å². The monoisotopic (exact) mass is 262 g/mol. The predicted octanol–water partition coefficient (Wildman–Crippen LogP) is 0.717. The van der Waals surface area contributed by atoms with Crippen LogP contribution in [0.3, 0.4) is 0 Å². The summed E-state index contributed by atoms with van der Waals surface area (Å²) in [7, 11) is -3.13. The van der Waals surface area contributed by atoms with E-state index in [2.05, 4.69) is 4.72 Å². The molecule has 1 fully saturated rings. The number of hydrogen-bond acceptors (Lipinski definition) is 3. The van der Waals surface area contributed by atoms with Crippen molar-refractivity contribution in [3.63, 3.8) is 0 Å². The Bertz CT molecular complexity index is 346. The number of hydrogen-bond donors (Lipinski definition) is 1. The van der Waals surface area contributed by atoms with Crippen LogP contribution >= 0.6 is 0 Å². The SMILES string of the molecule is CCCCS(=O)(=O)NC1CCN(C(C)=O)CC1. The molecule has 0 radical (unpaired) electrons. The number of amides is 1. The topological polar surface area (TPSA) is 66.5 Å². The minimum Gasteiger partial charge on any atom is -0.343 e. The van der Waals surface area contributed by atoms with Crippen molar-refractivity contribution in [3.8, 4) is 0 Å². The molecule has 6 heteroatoms. The van der Waals surface area contributed by atoms with Gasteiger partial charge in [0.1, 0.15) is 0 Å². The first-order valence-corrected chi connectivity index (χ1v) is 7.85. The van der Waals surface area contributed by atoms with E-state index in [1.807, 2.05) is 6.92 Å². The second-order valence-corrected chi connectivity index (χ2v) is 6.44. The predicted molar refractivity (Wildman–Crippen MR) is 67.1 cm³/mol. The molecule has 1 rings (SSSR count). The summed E-state index contributed by atoms with van der Waals surface area (Å²) in [6, 6.07) is -0.00699. The zero-order chi connectivity index (χ0) is 12.9. The second-order valence-electron chi connectivity index (χ2n) is 4.57. The maximum atomic E-state index is 11.7. The Morgan fingerprint density at radius 1 is 1.35 bits per heavy atom. The van der Waals surface area contributed by atoms with Crippen molar-refractivity contribution in [2.75, 3.05) is 18.8 Å². The molecule has 17 heavy (non-hydrogen) atoms. The highest BCUT2D eigenvalue weighted by Gasteiger charge is 2.23. The van der Waals surface area contributed by atoms with E-state index in [1.54, 1.807) is 11.8 Å². The van der Waals surface area contributed by atoms with Crippen molar-refractivity contribution < 1.29 is 13.2 Å². The van der Waals surface area contributed by atoms with E-state index in [-0.39, 0.29) is 17.7 Å². The maximum absolute atomic E-state index is 11.7. The lowest BCUT2D eigenvalue weighted by molar-refractivity contribution is -0.129. The van der Waals surface area contributed by atoms with Crippen molar-refractivity contribution in [3.05, 3.63) is 0 Å². The number of sulfonamides is 1. The quantitative estimate of drug-likeness (QED) is 0.794. The molecule has 5 nitrogen and oxygen atoms in total. The van der Waals surface area contributed by atoms with Crippen LogP contribution in [0.15, 0.2) is 0 Å². The van der Waals surface area contributed by atoms with E-state index in [1.165, 1.54) is 0 Å². The molecule has 1 aliphatic rings. The number of nitrogens with zero attached hydrogens (tertiary/aromatic N) is 1. The molecular weight excluding hydrogens is 240 g/mol. The summed E-state index contributed by atoms with van der Waals surface area (Å²) in [4.78, 5) is 12.9. The maximum Gasteiger partial charge on any atom is 0.219 e. The molecule has 0 bridgehead atoms. The normalized spacial score (nSPS) is 18.4. The Morgan fingerprint density at radius 3 is 2.41 bits per heavy atom. The standard InChI is InChI=1S/C11H22N2O3S/c1-3-4-9-17(15,16)12-11-5-7-13(8-6-11)10(2)14/h11-12H,3-9H2,1-2H3. The summed E-state index contributed by atoms with van der Waals surface area (Å²) in [5.74, 6) is 0.272. The molecular formula is C11H22N2O3S. The Morgan fingerprint density at radius 2 is 1.94 bits per heavy atom. The largest absolute Gasteiger partial charge is 0.343 e. The highest BCUT2D eigenvalue weighted by Crippen LogP contribution is 2.11. The lowest BCUT2D eigenvalue weighted by Crippen LogP contribution is -2.46. The average Bonchev–Trinajstić information content (AvgIpc) is 2.26. The van der Waals surface area contributed by atoms with Crippen LogP contribution in [0.5, 0.6) is 0 Å². The van der Waals surface area contributed by atoms with E-state index in [9.17, 15) is 13.2 Å². The van der Waals surface area contributed by atoms with Gasteiger partial charge in [-0.25, -0.2) is 13.1 Å². The van der Waals surface area contributed by atoms with Crippen LogP contribution in [0.2, 0.25) is 0 Å². The molecule has 0 saturated carbocycles. The van der Waals surface area contributed by atoms with Gasteiger partial charge in [0.05, 0.1) is 5.75 Å². The minimum absolute atomic E-state index is 0.00699. The van der Waals surface area contributed by atoms with Gasteiger partial charge in [-0.15, -0.1) is 0 Å². The number of piperidine rings is 1. The van der Waals surface area contributed by atoms with E-state index < -0.39 is 10.0 Å². The third-order valence-corrected chi connectivity index (χ3v) is 4.57. The van der Waals surface area contributed by atoms with Gasteiger partial charge in [0.2, 0.25) is 15.9 Å². The Balaban J connectivity index is 2.37. The molecule has 1 aliphatic heterocycles. The Hall–Kier alpha value is -0.620. The van der Waals surface area contributed by atoms with Gasteiger partial charge in [-0.3, -0.25) is 4.79 Å². The van der Waals surface area contributed by atoms with Gasteiger partial charge in [0.25, 0.3) is 0 Å². The number of rotatable bonds is 5. The third kappa shape index (κ3) is 5.04. The fourth-order valence-corrected chi connectivity index (χ4v) is 3.49. The zero-order valence-electron chi connectivity index (χ0n) is 10.6. The zero-order valence-corrected chi connectivity index (χ0v) is 11.4. The first kappa shape index (κ1) is 14.4. The molecule has 0 spiro atoms. The molecule has 1 heterocycles. The minimum atomic E-state index is -3.13. The molecule has 0 aliphatic carbocycles. The summed E-state index contributed by atoms with van der Waals surface area (Å²) in [5, 5.41) is 0. The van der Waals surface area contributed by atoms with Crippen LogP contribution in [-0.4, -0.2) is 44.1 Å². The van der Waals surface area contributed by atoms with Crippen LogP contribution in [0.1, 0.15) is 39.5 Å². The molecule has 1 amide bonds. The van der Waals surface area contributed by atoms with Gasteiger partial charge in [-0.1, -0.05) is 13.3 Å². The van der Waals surface area contributed by atoms with Crippen LogP contribution in [-0.2, 0) is 14.8 Å². The number of carbonyl (C=O) groups excluding carboxylic acids is 1. The van der Waals surface area contributed by atoms with Crippen LogP contribution in [0, 0.1) is 0 Å². The lowest BCUT2D eigenvalue weighted by Gasteiger charge is -2.31. The van der Waals surface area contributed by atoms with Gasteiger partial charge in [0.15, 0.2) is 0 Å². The molecule has 0 aromatic rings. The van der Waals surface area contributed by atoms with Crippen molar-refractivity contribution in [1.82, 2.24) is 9.62 Å². The fourth-order valence-electron chi connectivity index (χ4n) is 1.96. The number of nitrogens with one attached hydrogen (secondary N) is 1. The van der Waals surface area contributed by atoms with Crippen molar-refractivity contribution in [2.24, 2.45) is 0 Å². The van der Waals surface area contributed by atoms with Crippen LogP contribution < -0.4 is 4.72 Å².